The summed E-state index contributed by atoms with van der Waals surface area (Å²) in [6.45, 7) is 5.35. The van der Waals surface area contributed by atoms with Crippen LogP contribution in [0, 0.1) is 12.8 Å². The van der Waals surface area contributed by atoms with Gasteiger partial charge in [0.1, 0.15) is 0 Å². The summed E-state index contributed by atoms with van der Waals surface area (Å²) in [4.78, 5) is 12.2. The molecule has 0 aliphatic carbocycles. The highest BCUT2D eigenvalue weighted by Crippen LogP contribution is 2.27. The number of aryl methyl sites for hydroxylation is 1. The average molecular weight is 396 g/mol. The van der Waals surface area contributed by atoms with Gasteiger partial charge in [-0.1, -0.05) is 43.6 Å². The van der Waals surface area contributed by atoms with Crippen molar-refractivity contribution in [1.29, 1.82) is 0 Å². The summed E-state index contributed by atoms with van der Waals surface area (Å²) in [7, 11) is -3.88. The van der Waals surface area contributed by atoms with E-state index in [2.05, 4.69) is 10.0 Å². The minimum absolute atomic E-state index is 0.0365. The van der Waals surface area contributed by atoms with Crippen molar-refractivity contribution in [2.75, 3.05) is 10.0 Å². The summed E-state index contributed by atoms with van der Waals surface area (Å²) in [5.74, 6) is -0.406. The summed E-state index contributed by atoms with van der Waals surface area (Å²) in [5, 5.41) is 2.95. The summed E-state index contributed by atoms with van der Waals surface area (Å²) >= 11 is 6.02. The van der Waals surface area contributed by atoms with E-state index >= 15 is 0 Å². The predicted octanol–water partition coefficient (Wildman–Crippen LogP) is 3.37. The Labute approximate surface area is 158 Å². The van der Waals surface area contributed by atoms with Gasteiger partial charge in [-0.25, -0.2) is 8.42 Å². The number of carbonyl (C=O) groups excluding carboxylic acids is 1. The Hall–Kier alpha value is -2.09. The molecule has 0 heterocycles. The van der Waals surface area contributed by atoms with Crippen LogP contribution in [0.2, 0.25) is 5.02 Å². The lowest BCUT2D eigenvalue weighted by Crippen LogP contribution is -2.39. The molecule has 1 atom stereocenters. The number of rotatable bonds is 6. The molecule has 1 amide bonds. The average Bonchev–Trinajstić information content (AvgIpc) is 2.57. The zero-order chi connectivity index (χ0) is 19.5. The third kappa shape index (κ3) is 4.75. The number of sulfonamides is 1. The van der Waals surface area contributed by atoms with Crippen LogP contribution >= 0.6 is 11.6 Å². The van der Waals surface area contributed by atoms with Crippen LogP contribution in [0.4, 0.5) is 11.4 Å². The van der Waals surface area contributed by atoms with E-state index in [1.807, 2.05) is 13.8 Å². The lowest BCUT2D eigenvalue weighted by molar-refractivity contribution is -0.118. The molecule has 6 nitrogen and oxygen atoms in total. The molecule has 0 radical (unpaired) electrons. The maximum Gasteiger partial charge on any atom is 0.262 e. The van der Waals surface area contributed by atoms with Gasteiger partial charge >= 0.3 is 0 Å². The summed E-state index contributed by atoms with van der Waals surface area (Å²) in [6.07, 6.45) is 0. The van der Waals surface area contributed by atoms with E-state index in [-0.39, 0.29) is 22.4 Å². The number of nitrogens with two attached hydrogens (primary N) is 1. The highest BCUT2D eigenvalue weighted by Gasteiger charge is 2.21. The molecular formula is C18H22ClN3O3S. The number of hydrogen-bond donors (Lipinski definition) is 3. The van der Waals surface area contributed by atoms with Crippen molar-refractivity contribution in [3.8, 4) is 0 Å². The lowest BCUT2D eigenvalue weighted by atomic mass is 10.0. The molecule has 0 unspecified atom stereocenters. The zero-order valence-corrected chi connectivity index (χ0v) is 16.4. The van der Waals surface area contributed by atoms with Gasteiger partial charge in [-0.2, -0.15) is 0 Å². The second kappa shape index (κ2) is 8.07. The van der Waals surface area contributed by atoms with Crippen LogP contribution in [0.15, 0.2) is 47.4 Å². The van der Waals surface area contributed by atoms with Crippen molar-refractivity contribution < 1.29 is 13.2 Å². The minimum Gasteiger partial charge on any atom is -0.325 e. The third-order valence-electron chi connectivity index (χ3n) is 3.88. The molecule has 140 valence electrons. The van der Waals surface area contributed by atoms with Gasteiger partial charge < -0.3 is 11.1 Å². The molecule has 0 aromatic heterocycles. The topological polar surface area (TPSA) is 101 Å². The van der Waals surface area contributed by atoms with Gasteiger partial charge in [0.2, 0.25) is 5.91 Å². The van der Waals surface area contributed by atoms with Crippen molar-refractivity contribution in [2.45, 2.75) is 31.7 Å². The van der Waals surface area contributed by atoms with Crippen molar-refractivity contribution in [3.63, 3.8) is 0 Å². The fourth-order valence-corrected chi connectivity index (χ4v) is 3.83. The molecule has 2 aromatic rings. The van der Waals surface area contributed by atoms with E-state index < -0.39 is 16.1 Å². The maximum atomic E-state index is 12.7. The quantitative estimate of drug-likeness (QED) is 0.697. The standard InChI is InChI=1S/C18H22ClN3O3S/c1-11(2)17(20)18(23)21-13-9-8-12(3)16(10-13)26(24,25)22-15-7-5-4-6-14(15)19/h4-11,17,22H,20H2,1-3H3,(H,21,23)/t17-/m0/s1. The molecular weight excluding hydrogens is 374 g/mol. The number of halogens is 1. The van der Waals surface area contributed by atoms with Crippen molar-refractivity contribution in [1.82, 2.24) is 0 Å². The van der Waals surface area contributed by atoms with E-state index in [1.165, 1.54) is 6.07 Å². The van der Waals surface area contributed by atoms with Gasteiger partial charge in [-0.05, 0) is 42.7 Å². The van der Waals surface area contributed by atoms with Crippen LogP contribution in [0.5, 0.6) is 0 Å². The van der Waals surface area contributed by atoms with E-state index in [4.69, 9.17) is 17.3 Å². The molecule has 8 heteroatoms. The molecule has 26 heavy (non-hydrogen) atoms. The van der Waals surface area contributed by atoms with E-state index in [9.17, 15) is 13.2 Å². The smallest absolute Gasteiger partial charge is 0.262 e. The van der Waals surface area contributed by atoms with E-state index in [0.717, 1.165) is 0 Å². The number of hydrogen-bond acceptors (Lipinski definition) is 4. The van der Waals surface area contributed by atoms with E-state index in [1.54, 1.807) is 43.3 Å². The molecule has 4 N–H and O–H groups in total. The second-order valence-corrected chi connectivity index (χ2v) is 8.38. The summed E-state index contributed by atoms with van der Waals surface area (Å²) in [6, 6.07) is 10.5. The number of benzene rings is 2. The van der Waals surface area contributed by atoms with Gasteiger partial charge in [0.05, 0.1) is 21.6 Å². The van der Waals surface area contributed by atoms with E-state index in [0.29, 0.717) is 16.3 Å². The van der Waals surface area contributed by atoms with Gasteiger partial charge in [-0.3, -0.25) is 9.52 Å². The highest BCUT2D eigenvalue weighted by atomic mass is 35.5. The molecule has 0 saturated carbocycles. The van der Waals surface area contributed by atoms with Crippen molar-refractivity contribution in [2.24, 2.45) is 11.7 Å². The first-order chi connectivity index (χ1) is 12.1. The molecule has 2 aromatic carbocycles. The summed E-state index contributed by atoms with van der Waals surface area (Å²) in [5.41, 5.74) is 7.00. The Kier molecular flexibility index (Phi) is 6.28. The second-order valence-electron chi connectivity index (χ2n) is 6.32. The number of carbonyl (C=O) groups is 1. The summed E-state index contributed by atoms with van der Waals surface area (Å²) < 4.78 is 28.0. The first kappa shape index (κ1) is 20.2. The van der Waals surface area contributed by atoms with Crippen LogP contribution in [0.3, 0.4) is 0 Å². The largest absolute Gasteiger partial charge is 0.325 e. The Bertz CT molecular complexity index is 914. The zero-order valence-electron chi connectivity index (χ0n) is 14.8. The number of para-hydroxylation sites is 1. The SMILES string of the molecule is Cc1ccc(NC(=O)[C@@H](N)C(C)C)cc1S(=O)(=O)Nc1ccccc1Cl. The fraction of sp³-hybridized carbons (Fsp3) is 0.278. The molecule has 0 spiro atoms. The van der Waals surface area contributed by atoms with Gasteiger partial charge in [0, 0.05) is 5.69 Å². The number of anilines is 2. The molecule has 0 aliphatic heterocycles. The molecule has 0 fully saturated rings. The predicted molar refractivity (Wildman–Crippen MR) is 105 cm³/mol. The van der Waals surface area contributed by atoms with Crippen molar-refractivity contribution >= 4 is 38.9 Å². The van der Waals surface area contributed by atoms with Crippen molar-refractivity contribution in [3.05, 3.63) is 53.1 Å². The van der Waals surface area contributed by atoms with Gasteiger partial charge in [0.25, 0.3) is 10.0 Å². The highest BCUT2D eigenvalue weighted by molar-refractivity contribution is 7.92. The van der Waals surface area contributed by atoms with Crippen LogP contribution in [0.1, 0.15) is 19.4 Å². The first-order valence-corrected chi connectivity index (χ1v) is 9.92. The van der Waals surface area contributed by atoms with Gasteiger partial charge in [-0.15, -0.1) is 0 Å². The molecule has 0 aliphatic rings. The van der Waals surface area contributed by atoms with Gasteiger partial charge in [0.15, 0.2) is 0 Å². The van der Waals surface area contributed by atoms with Crippen LogP contribution in [0.25, 0.3) is 0 Å². The molecule has 0 bridgehead atoms. The Morgan fingerprint density at radius 3 is 2.42 bits per heavy atom. The lowest BCUT2D eigenvalue weighted by Gasteiger charge is -2.17. The Morgan fingerprint density at radius 1 is 1.15 bits per heavy atom. The third-order valence-corrected chi connectivity index (χ3v) is 5.72. The molecule has 0 saturated heterocycles. The number of amides is 1. The normalized spacial score (nSPS) is 12.7. The number of nitrogens with one attached hydrogen (secondary N) is 2. The minimum atomic E-state index is -3.88. The molecule has 2 rings (SSSR count). The van der Waals surface area contributed by atoms with Crippen LogP contribution in [-0.2, 0) is 14.8 Å². The van der Waals surface area contributed by atoms with Crippen LogP contribution in [-0.4, -0.2) is 20.4 Å². The first-order valence-electron chi connectivity index (χ1n) is 8.06. The van der Waals surface area contributed by atoms with Crippen LogP contribution < -0.4 is 15.8 Å². The Morgan fingerprint density at radius 2 is 1.81 bits per heavy atom. The monoisotopic (exact) mass is 395 g/mol. The Balaban J connectivity index is 2.31. The fourth-order valence-electron chi connectivity index (χ4n) is 2.24. The maximum absolute atomic E-state index is 12.7.